The first kappa shape index (κ1) is 28.0. The van der Waals surface area contributed by atoms with Crippen LogP contribution in [0.2, 0.25) is 0 Å². The van der Waals surface area contributed by atoms with Gasteiger partial charge in [0.2, 0.25) is 11.8 Å². The van der Waals surface area contributed by atoms with Gasteiger partial charge in [0.05, 0.1) is 22.2 Å². The number of Topliss-reactive ketones (excluding diaryl/α,β-unsaturated/α-hetero) is 1. The molecule has 38 heavy (non-hydrogen) atoms. The number of thiazole rings is 1. The van der Waals surface area contributed by atoms with Crippen molar-refractivity contribution in [3.8, 4) is 22.8 Å². The van der Waals surface area contributed by atoms with Crippen LogP contribution in [0.4, 0.5) is 0 Å². The van der Waals surface area contributed by atoms with E-state index in [0.29, 0.717) is 13.0 Å². The number of aliphatic hydroxyl groups is 1. The number of hydrogen-bond acceptors (Lipinski definition) is 6. The second-order valence-corrected chi connectivity index (χ2v) is 12.6. The highest BCUT2D eigenvalue weighted by atomic mass is 32.1. The van der Waals surface area contributed by atoms with Gasteiger partial charge in [0.25, 0.3) is 0 Å². The zero-order valence-corrected chi connectivity index (χ0v) is 23.4. The van der Waals surface area contributed by atoms with Gasteiger partial charge in [-0.25, -0.2) is 4.98 Å². The molecule has 0 spiro atoms. The van der Waals surface area contributed by atoms with Crippen molar-refractivity contribution in [2.45, 2.75) is 78.5 Å². The Kier molecular flexibility index (Phi) is 8.10. The molecule has 4 rings (SSSR count). The maximum Gasteiger partial charge on any atom is 0.243 e. The number of ketones is 1. The number of nitrogens with one attached hydrogen (secondary N) is 1. The molecule has 202 valence electrons. The first-order chi connectivity index (χ1) is 17.9. The maximum absolute atomic E-state index is 13.8. The van der Waals surface area contributed by atoms with Crippen LogP contribution in [0.15, 0.2) is 29.8 Å². The molecule has 2 aliphatic rings. The molecule has 0 radical (unpaired) electrons. The molecule has 1 saturated carbocycles. The minimum Gasteiger partial charge on any atom is -0.391 e. The Balaban J connectivity index is 1.42. The van der Waals surface area contributed by atoms with E-state index in [-0.39, 0.29) is 37.0 Å². The lowest BCUT2D eigenvalue weighted by molar-refractivity contribution is -0.147. The van der Waals surface area contributed by atoms with Crippen molar-refractivity contribution < 1.29 is 19.5 Å². The normalized spacial score (nSPS) is 21.0. The number of aromatic nitrogens is 1. The largest absolute Gasteiger partial charge is 0.391 e. The Labute approximate surface area is 229 Å². The van der Waals surface area contributed by atoms with Gasteiger partial charge in [0.15, 0.2) is 0 Å². The molecule has 1 saturated heterocycles. The third-order valence-corrected chi connectivity index (χ3v) is 8.89. The number of benzene rings is 1. The highest BCUT2D eigenvalue weighted by Gasteiger charge is 2.51. The van der Waals surface area contributed by atoms with Crippen LogP contribution in [0.3, 0.4) is 0 Å². The highest BCUT2D eigenvalue weighted by Crippen LogP contribution is 2.51. The van der Waals surface area contributed by atoms with Crippen LogP contribution in [0, 0.1) is 36.0 Å². The summed E-state index contributed by atoms with van der Waals surface area (Å²) in [5, 5.41) is 13.3. The fourth-order valence-electron chi connectivity index (χ4n) is 5.23. The fraction of sp³-hybridized carbons (Fsp3) is 0.533. The van der Waals surface area contributed by atoms with Crippen LogP contribution in [0.1, 0.15) is 64.1 Å². The van der Waals surface area contributed by atoms with Crippen molar-refractivity contribution in [2.75, 3.05) is 6.54 Å². The lowest BCUT2D eigenvalue weighted by Crippen LogP contribution is -2.50. The minimum atomic E-state index is -0.788. The molecule has 2 amide bonds. The van der Waals surface area contributed by atoms with Gasteiger partial charge in [-0.3, -0.25) is 14.4 Å². The van der Waals surface area contributed by atoms with Gasteiger partial charge in [0, 0.05) is 43.7 Å². The van der Waals surface area contributed by atoms with Crippen molar-refractivity contribution in [3.63, 3.8) is 0 Å². The Bertz CT molecular complexity index is 1230. The average Bonchev–Trinajstić information content (AvgIpc) is 3.36. The van der Waals surface area contributed by atoms with E-state index in [4.69, 9.17) is 6.42 Å². The summed E-state index contributed by atoms with van der Waals surface area (Å²) in [5.74, 6) is 1.47. The van der Waals surface area contributed by atoms with Gasteiger partial charge in [-0.05, 0) is 36.3 Å². The van der Waals surface area contributed by atoms with E-state index in [1.807, 2.05) is 57.5 Å². The second kappa shape index (κ2) is 11.0. The molecule has 8 heteroatoms. The van der Waals surface area contributed by atoms with Gasteiger partial charge in [-0.1, -0.05) is 45.0 Å². The second-order valence-electron chi connectivity index (χ2n) is 11.8. The van der Waals surface area contributed by atoms with E-state index in [1.165, 1.54) is 4.90 Å². The summed E-state index contributed by atoms with van der Waals surface area (Å²) in [5.41, 5.74) is 3.83. The molecule has 2 fully saturated rings. The Morgan fingerprint density at radius 3 is 2.50 bits per heavy atom. The molecule has 1 aliphatic carbocycles. The highest BCUT2D eigenvalue weighted by molar-refractivity contribution is 7.13. The quantitative estimate of drug-likeness (QED) is 0.471. The first-order valence-electron chi connectivity index (χ1n) is 13.2. The summed E-state index contributed by atoms with van der Waals surface area (Å²) < 4.78 is 0. The molecule has 2 N–H and O–H groups in total. The molecule has 2 heterocycles. The molecule has 3 atom stereocenters. The molecular weight excluding hydrogens is 498 g/mol. The number of β-amino-alcohol motifs (C(OH)–C–C–N with tert-alkyl or cyclic N) is 1. The van der Waals surface area contributed by atoms with Crippen LogP contribution < -0.4 is 5.32 Å². The third-order valence-electron chi connectivity index (χ3n) is 7.91. The summed E-state index contributed by atoms with van der Waals surface area (Å²) in [6.45, 7) is 8.17. The van der Waals surface area contributed by atoms with E-state index >= 15 is 0 Å². The molecule has 1 aromatic heterocycles. The number of nitrogens with zero attached hydrogens (tertiary/aromatic N) is 2. The molecule has 1 aromatic carbocycles. The van der Waals surface area contributed by atoms with E-state index in [0.717, 1.165) is 34.5 Å². The Morgan fingerprint density at radius 2 is 1.95 bits per heavy atom. The molecule has 1 aliphatic heterocycles. The van der Waals surface area contributed by atoms with Crippen molar-refractivity contribution in [2.24, 2.45) is 16.7 Å². The van der Waals surface area contributed by atoms with E-state index in [2.05, 4.69) is 16.2 Å². The van der Waals surface area contributed by atoms with Gasteiger partial charge < -0.3 is 15.3 Å². The third kappa shape index (κ3) is 6.00. The fourth-order valence-corrected chi connectivity index (χ4v) is 6.04. The van der Waals surface area contributed by atoms with Gasteiger partial charge in [0.1, 0.15) is 11.8 Å². The number of carbonyl (C=O) groups is 3. The number of hydrogen-bond donors (Lipinski definition) is 2. The number of carbonyl (C=O) groups excluding carboxylic acids is 3. The van der Waals surface area contributed by atoms with Crippen LogP contribution in [0.25, 0.3) is 10.4 Å². The SMILES string of the molecule is C#CCC1(C(=O)C[C@H](C(=O)N2C[C@H](O)C[C@H]2C(=O)NCc2ccc(-c3scnc3C)cc2)C(C)(C)C)CC1. The number of aryl methyl sites for hydroxylation is 1. The van der Waals surface area contributed by atoms with Crippen molar-refractivity contribution in [3.05, 3.63) is 41.0 Å². The predicted molar refractivity (Wildman–Crippen MR) is 148 cm³/mol. The van der Waals surface area contributed by atoms with E-state index < -0.39 is 28.9 Å². The Hall–Kier alpha value is -3.02. The van der Waals surface area contributed by atoms with Crippen molar-refractivity contribution >= 4 is 28.9 Å². The summed E-state index contributed by atoms with van der Waals surface area (Å²) in [4.78, 5) is 47.0. The summed E-state index contributed by atoms with van der Waals surface area (Å²) in [7, 11) is 0. The molecule has 0 bridgehead atoms. The van der Waals surface area contributed by atoms with Gasteiger partial charge in [-0.15, -0.1) is 23.7 Å². The molecule has 0 unspecified atom stereocenters. The first-order valence-corrected chi connectivity index (χ1v) is 14.1. The Morgan fingerprint density at radius 1 is 1.26 bits per heavy atom. The summed E-state index contributed by atoms with van der Waals surface area (Å²) in [6.07, 6.45) is 6.89. The number of aliphatic hydroxyl groups excluding tert-OH is 1. The monoisotopic (exact) mass is 535 g/mol. The summed E-state index contributed by atoms with van der Waals surface area (Å²) in [6, 6.07) is 7.17. The maximum atomic E-state index is 13.8. The predicted octanol–water partition coefficient (Wildman–Crippen LogP) is 4.12. The number of likely N-dealkylation sites (tertiary alicyclic amines) is 1. The van der Waals surface area contributed by atoms with E-state index in [1.54, 1.807) is 11.3 Å². The van der Waals surface area contributed by atoms with Crippen LogP contribution >= 0.6 is 11.3 Å². The minimum absolute atomic E-state index is 0.0291. The van der Waals surface area contributed by atoms with Gasteiger partial charge >= 0.3 is 0 Å². The average molecular weight is 536 g/mol. The number of terminal acetylenes is 1. The van der Waals surface area contributed by atoms with Crippen LogP contribution in [0.5, 0.6) is 0 Å². The van der Waals surface area contributed by atoms with Gasteiger partial charge in [-0.2, -0.15) is 0 Å². The van der Waals surface area contributed by atoms with Crippen LogP contribution in [-0.2, 0) is 20.9 Å². The number of amides is 2. The zero-order valence-electron chi connectivity index (χ0n) is 22.6. The lowest BCUT2D eigenvalue weighted by atomic mass is 9.74. The van der Waals surface area contributed by atoms with Crippen LogP contribution in [-0.4, -0.2) is 51.3 Å². The number of rotatable bonds is 9. The van der Waals surface area contributed by atoms with Crippen molar-refractivity contribution in [1.29, 1.82) is 0 Å². The summed E-state index contributed by atoms with van der Waals surface area (Å²) >= 11 is 1.59. The van der Waals surface area contributed by atoms with Crippen molar-refractivity contribution in [1.82, 2.24) is 15.2 Å². The lowest BCUT2D eigenvalue weighted by Gasteiger charge is -2.35. The zero-order chi connectivity index (χ0) is 27.7. The van der Waals surface area contributed by atoms with E-state index in [9.17, 15) is 19.5 Å². The molecule has 2 aromatic rings. The standard InChI is InChI=1S/C30H37N3O4S/c1-6-11-30(12-13-30)25(35)15-23(29(3,4)5)28(37)33-17-22(34)14-24(33)27(36)31-16-20-7-9-21(10-8-20)26-19(2)32-18-38-26/h1,7-10,18,22-24,34H,11-17H2,2-5H3,(H,31,36)/t22-,23-,24+/m1/s1. The topological polar surface area (TPSA) is 99.6 Å². The molecule has 7 nitrogen and oxygen atoms in total. The molecular formula is C30H37N3O4S. The smallest absolute Gasteiger partial charge is 0.243 e.